The Kier molecular flexibility index (Phi) is 10.6. The smallest absolute Gasteiger partial charge is 0.251 e. The van der Waals surface area contributed by atoms with E-state index < -0.39 is 0 Å². The Morgan fingerprint density at radius 1 is 1.16 bits per heavy atom. The summed E-state index contributed by atoms with van der Waals surface area (Å²) in [5.74, 6) is 1.34. The van der Waals surface area contributed by atoms with E-state index in [-0.39, 0.29) is 29.9 Å². The molecule has 0 aliphatic heterocycles. The summed E-state index contributed by atoms with van der Waals surface area (Å²) in [7, 11) is 0. The van der Waals surface area contributed by atoms with Gasteiger partial charge in [-0.15, -0.1) is 24.0 Å². The Hall–Kier alpha value is -2.82. The van der Waals surface area contributed by atoms with Gasteiger partial charge in [-0.3, -0.25) is 9.48 Å². The van der Waals surface area contributed by atoms with E-state index in [9.17, 15) is 4.79 Å². The number of aromatic nitrogens is 2. The van der Waals surface area contributed by atoms with Crippen molar-refractivity contribution >= 4 is 35.8 Å². The molecule has 3 rings (SSSR count). The minimum atomic E-state index is -0.138. The van der Waals surface area contributed by atoms with Crippen molar-refractivity contribution in [1.82, 2.24) is 25.7 Å². The van der Waals surface area contributed by atoms with Crippen LogP contribution in [0.5, 0.6) is 0 Å². The van der Waals surface area contributed by atoms with Gasteiger partial charge in [0, 0.05) is 37.6 Å². The third-order valence-electron chi connectivity index (χ3n) is 4.37. The number of benzene rings is 1. The number of hydrogen-bond donors (Lipinski definition) is 3. The fourth-order valence-electron chi connectivity index (χ4n) is 2.89. The maximum atomic E-state index is 12.4. The van der Waals surface area contributed by atoms with E-state index in [0.717, 1.165) is 43.3 Å². The van der Waals surface area contributed by atoms with E-state index in [1.54, 1.807) is 24.6 Å². The van der Waals surface area contributed by atoms with Crippen molar-refractivity contribution in [1.29, 1.82) is 0 Å². The molecule has 0 aliphatic carbocycles. The van der Waals surface area contributed by atoms with Crippen LogP contribution in [0.4, 0.5) is 0 Å². The molecule has 0 bridgehead atoms. The number of halogens is 1. The monoisotopic (exact) mass is 536 g/mol. The Bertz CT molecular complexity index is 925. The summed E-state index contributed by atoms with van der Waals surface area (Å²) in [5.41, 5.74) is 1.57. The van der Waals surface area contributed by atoms with E-state index in [4.69, 9.17) is 4.42 Å². The van der Waals surface area contributed by atoms with Crippen LogP contribution in [0.3, 0.4) is 0 Å². The van der Waals surface area contributed by atoms with Crippen LogP contribution in [0, 0.1) is 0 Å². The van der Waals surface area contributed by atoms with Gasteiger partial charge in [0.2, 0.25) is 0 Å². The molecule has 9 heteroatoms. The molecule has 3 aromatic rings. The van der Waals surface area contributed by atoms with Gasteiger partial charge in [-0.05, 0) is 49.2 Å². The van der Waals surface area contributed by atoms with Crippen LogP contribution in [0.25, 0.3) is 0 Å². The first-order valence-electron chi connectivity index (χ1n) is 10.1. The molecule has 0 radical (unpaired) electrons. The Balaban J connectivity index is 0.00000341. The average molecular weight is 536 g/mol. The molecule has 3 N–H and O–H groups in total. The molecule has 166 valence electrons. The molecule has 0 unspecified atom stereocenters. The maximum Gasteiger partial charge on any atom is 0.251 e. The van der Waals surface area contributed by atoms with Crippen LogP contribution in [-0.4, -0.2) is 34.7 Å². The molecule has 1 aromatic carbocycles. The third-order valence-corrected chi connectivity index (χ3v) is 4.37. The number of hydrogen-bond acceptors (Lipinski definition) is 4. The molecule has 31 heavy (non-hydrogen) atoms. The minimum absolute atomic E-state index is 0. The number of nitrogens with one attached hydrogen (secondary N) is 3. The molecule has 1 amide bonds. The van der Waals surface area contributed by atoms with Crippen molar-refractivity contribution in [2.45, 2.75) is 33.0 Å². The van der Waals surface area contributed by atoms with Crippen molar-refractivity contribution in [3.8, 4) is 0 Å². The predicted molar refractivity (Wildman–Crippen MR) is 131 cm³/mol. The fraction of sp³-hybridized carbons (Fsp3) is 0.318. The Morgan fingerprint density at radius 2 is 2.06 bits per heavy atom. The quantitative estimate of drug-likeness (QED) is 0.160. The third kappa shape index (κ3) is 8.44. The molecule has 2 aromatic heterocycles. The number of carbonyl (C=O) groups excluding carboxylic acids is 1. The Labute approximate surface area is 199 Å². The van der Waals surface area contributed by atoms with E-state index in [2.05, 4.69) is 26.0 Å². The molecule has 8 nitrogen and oxygen atoms in total. The molecule has 2 heterocycles. The highest BCUT2D eigenvalue weighted by Gasteiger charge is 2.07. The van der Waals surface area contributed by atoms with Gasteiger partial charge in [0.05, 0.1) is 19.4 Å². The summed E-state index contributed by atoms with van der Waals surface area (Å²) in [6.45, 7) is 5.30. The van der Waals surface area contributed by atoms with Gasteiger partial charge in [-0.1, -0.05) is 12.1 Å². The number of amides is 1. The zero-order valence-corrected chi connectivity index (χ0v) is 19.9. The molecule has 0 fully saturated rings. The first-order valence-corrected chi connectivity index (χ1v) is 10.1. The van der Waals surface area contributed by atoms with Crippen LogP contribution >= 0.6 is 24.0 Å². The molecule has 0 aliphatic rings. The van der Waals surface area contributed by atoms with Gasteiger partial charge in [-0.25, -0.2) is 4.99 Å². The SMILES string of the molecule is CCNC(=NCc1cccc(C(=O)NCc2ccco2)c1)NCCCn1cccn1.I. The lowest BCUT2D eigenvalue weighted by molar-refractivity contribution is 0.0948. The summed E-state index contributed by atoms with van der Waals surface area (Å²) in [6.07, 6.45) is 6.27. The van der Waals surface area contributed by atoms with E-state index in [1.807, 2.05) is 48.1 Å². The second-order valence-corrected chi connectivity index (χ2v) is 6.71. The van der Waals surface area contributed by atoms with E-state index in [1.165, 1.54) is 0 Å². The highest BCUT2D eigenvalue weighted by Crippen LogP contribution is 2.08. The summed E-state index contributed by atoms with van der Waals surface area (Å²) in [5, 5.41) is 13.6. The molecular weight excluding hydrogens is 507 g/mol. The van der Waals surface area contributed by atoms with Gasteiger partial charge in [0.1, 0.15) is 5.76 Å². The first kappa shape index (κ1) is 24.4. The van der Waals surface area contributed by atoms with E-state index in [0.29, 0.717) is 18.7 Å². The average Bonchev–Trinajstić information content (AvgIpc) is 3.47. The van der Waals surface area contributed by atoms with Gasteiger partial charge in [0.25, 0.3) is 5.91 Å². The zero-order valence-electron chi connectivity index (χ0n) is 17.6. The van der Waals surface area contributed by atoms with Crippen LogP contribution < -0.4 is 16.0 Å². The molecule has 0 saturated carbocycles. The fourth-order valence-corrected chi connectivity index (χ4v) is 2.89. The maximum absolute atomic E-state index is 12.4. The second-order valence-electron chi connectivity index (χ2n) is 6.71. The largest absolute Gasteiger partial charge is 0.467 e. The molecule has 0 atom stereocenters. The van der Waals surface area contributed by atoms with Crippen LogP contribution in [0.15, 0.2) is 70.5 Å². The lowest BCUT2D eigenvalue weighted by Gasteiger charge is -2.11. The number of aryl methyl sites for hydroxylation is 1. The van der Waals surface area contributed by atoms with Crippen molar-refractivity contribution in [2.24, 2.45) is 4.99 Å². The number of guanidine groups is 1. The second kappa shape index (κ2) is 13.5. The lowest BCUT2D eigenvalue weighted by Crippen LogP contribution is -2.38. The van der Waals surface area contributed by atoms with Crippen molar-refractivity contribution in [3.63, 3.8) is 0 Å². The van der Waals surface area contributed by atoms with Gasteiger partial charge in [-0.2, -0.15) is 5.10 Å². The van der Waals surface area contributed by atoms with E-state index >= 15 is 0 Å². The topological polar surface area (TPSA) is 96.5 Å². The first-order chi connectivity index (χ1) is 14.7. The Morgan fingerprint density at radius 3 is 2.81 bits per heavy atom. The summed E-state index contributed by atoms with van der Waals surface area (Å²) in [6, 6.07) is 13.0. The normalized spacial score (nSPS) is 10.9. The number of nitrogens with zero attached hydrogens (tertiary/aromatic N) is 3. The number of carbonyl (C=O) groups is 1. The number of furan rings is 1. The summed E-state index contributed by atoms with van der Waals surface area (Å²) in [4.78, 5) is 17.0. The van der Waals surface area contributed by atoms with Crippen LogP contribution in [-0.2, 0) is 19.6 Å². The zero-order chi connectivity index (χ0) is 21.0. The number of aliphatic imine (C=N–C) groups is 1. The lowest BCUT2D eigenvalue weighted by atomic mass is 10.1. The highest BCUT2D eigenvalue weighted by atomic mass is 127. The molecule has 0 spiro atoms. The predicted octanol–water partition coefficient (Wildman–Crippen LogP) is 3.17. The van der Waals surface area contributed by atoms with Gasteiger partial charge >= 0.3 is 0 Å². The number of rotatable bonds is 10. The van der Waals surface area contributed by atoms with Crippen molar-refractivity contribution < 1.29 is 9.21 Å². The summed E-state index contributed by atoms with van der Waals surface area (Å²) >= 11 is 0. The van der Waals surface area contributed by atoms with Gasteiger partial charge < -0.3 is 20.4 Å². The van der Waals surface area contributed by atoms with Gasteiger partial charge in [0.15, 0.2) is 5.96 Å². The van der Waals surface area contributed by atoms with Crippen molar-refractivity contribution in [3.05, 3.63) is 78.0 Å². The molecular formula is C22H29IN6O2. The van der Waals surface area contributed by atoms with Crippen LogP contribution in [0.1, 0.15) is 35.0 Å². The minimum Gasteiger partial charge on any atom is -0.467 e. The van der Waals surface area contributed by atoms with Crippen molar-refractivity contribution in [2.75, 3.05) is 13.1 Å². The standard InChI is InChI=1S/C22H28N6O2.HI/c1-2-23-22(24-10-5-12-28-13-6-11-27-28)26-16-18-7-3-8-19(15-18)21(29)25-17-20-9-4-14-30-20;/h3-4,6-9,11,13-15H,2,5,10,12,16-17H2,1H3,(H,25,29)(H2,23,24,26);1H. The highest BCUT2D eigenvalue weighted by molar-refractivity contribution is 14.0. The van der Waals surface area contributed by atoms with Crippen LogP contribution in [0.2, 0.25) is 0 Å². The summed E-state index contributed by atoms with van der Waals surface area (Å²) < 4.78 is 7.15. The molecule has 0 saturated heterocycles.